The van der Waals surface area contributed by atoms with Gasteiger partial charge in [-0.2, -0.15) is 0 Å². The second-order valence-corrected chi connectivity index (χ2v) is 20.7. The van der Waals surface area contributed by atoms with Crippen LogP contribution in [0, 0.1) is 0 Å². The van der Waals surface area contributed by atoms with Crippen molar-refractivity contribution in [1.82, 2.24) is 26.6 Å². The number of alkyl carbamates (subject to hydrolysis) is 4. The van der Waals surface area contributed by atoms with Crippen LogP contribution in [0.5, 0.6) is 0 Å². The Hall–Kier alpha value is -3.77. The monoisotopic (exact) mass is 936 g/mol. The minimum Gasteiger partial charge on any atom is -0.444 e. The Labute approximate surface area is 382 Å². The molecule has 2 heterocycles. The molecule has 0 aromatic carbocycles. The van der Waals surface area contributed by atoms with Crippen molar-refractivity contribution in [3.8, 4) is 0 Å². The highest BCUT2D eigenvalue weighted by atomic mass is 16.7. The van der Waals surface area contributed by atoms with Crippen molar-refractivity contribution in [3.63, 3.8) is 0 Å². The molecule has 0 aromatic heterocycles. The summed E-state index contributed by atoms with van der Waals surface area (Å²) in [6.45, 7) is 23.2. The summed E-state index contributed by atoms with van der Waals surface area (Å²) in [4.78, 5) is 65.4. The fourth-order valence-corrected chi connectivity index (χ4v) is 7.31. The van der Waals surface area contributed by atoms with Gasteiger partial charge in [0.15, 0.2) is 12.6 Å². The maximum absolute atomic E-state index is 13.4. The number of hydrogen-bond acceptors (Lipinski definition) is 17. The number of hydrogen-bond donors (Lipinski definition) is 9. The molecule has 2 saturated heterocycles. The number of ether oxygens (including phenoxy) is 8. The highest BCUT2D eigenvalue weighted by Crippen LogP contribution is 2.34. The molecule has 1 saturated carbocycles. The van der Waals surface area contributed by atoms with E-state index in [0.717, 1.165) is 0 Å². The van der Waals surface area contributed by atoms with Gasteiger partial charge in [0.25, 0.3) is 0 Å². The van der Waals surface area contributed by atoms with Crippen LogP contribution in [0.25, 0.3) is 0 Å². The van der Waals surface area contributed by atoms with E-state index in [1.807, 2.05) is 0 Å². The molecular weight excluding hydrogens is 858 g/mol. The van der Waals surface area contributed by atoms with E-state index in [2.05, 4.69) is 26.6 Å². The summed E-state index contributed by atoms with van der Waals surface area (Å²) in [5.74, 6) is -0.845. The zero-order valence-electron chi connectivity index (χ0n) is 40.4. The Kier molecular flexibility index (Phi) is 19.5. The van der Waals surface area contributed by atoms with Crippen molar-refractivity contribution in [1.29, 1.82) is 0 Å². The molecule has 3 rings (SSSR count). The van der Waals surface area contributed by atoms with E-state index in [0.29, 0.717) is 6.42 Å². The Balaban J connectivity index is 2.10. The molecule has 22 heteroatoms. The molecule has 9 N–H and O–H groups in total. The molecule has 3 aliphatic rings. The Morgan fingerprint density at radius 3 is 1.54 bits per heavy atom. The number of aliphatic hydroxyl groups excluding tert-OH is 4. The van der Waals surface area contributed by atoms with Gasteiger partial charge >= 0.3 is 24.4 Å². The SMILES string of the molecule is CCC(O)C(=O)N[C@@H]1C[C@@H](NC(=O)OC(C)(C)C)C(O[C@H]2OC(CNC(=O)OC(C)(C)C)CCC2NC(=O)OC(C)(C)C)C(O)[C@H]1O[C@H]1OC(CC)[C@H](O)[C@H](NC(=O)OC(C)(C)C)C1O. The molecule has 2 aliphatic heterocycles. The molecule has 0 aromatic rings. The number of rotatable bonds is 13. The van der Waals surface area contributed by atoms with E-state index in [-0.39, 0.29) is 32.2 Å². The third-order valence-electron chi connectivity index (χ3n) is 10.1. The van der Waals surface area contributed by atoms with E-state index in [1.54, 1.807) is 96.9 Å². The third kappa shape index (κ3) is 18.1. The standard InChI is InChI=1S/C43H77N5O17/c1-15-25(49)33(53)45-23-19-24(47-38(56)64-42(9,10)11)32(30(52)31(23)61-35-29(51)27(28(50)26(16-2)59-35)48-39(57)65-43(12,13)14)60-34-22(46-37(55)63-41(6,7)8)18-17-21(58-34)20-44-36(54)62-40(3,4)5/h21-32,34-35,49-52H,15-20H2,1-14H3,(H,44,54)(H,45,53)(H,46,55)(H,47,56)(H,48,57)/t21?,22?,23-,24-,25?,26?,27+,28+,29?,30?,31+,32?,34-,35-/m1/s1. The molecule has 65 heavy (non-hydrogen) atoms. The average Bonchev–Trinajstić information content (AvgIpc) is 3.13. The van der Waals surface area contributed by atoms with Crippen LogP contribution >= 0.6 is 0 Å². The molecule has 376 valence electrons. The van der Waals surface area contributed by atoms with Gasteiger partial charge in [0.05, 0.1) is 36.4 Å². The molecule has 5 amide bonds. The highest BCUT2D eigenvalue weighted by Gasteiger charge is 2.53. The summed E-state index contributed by atoms with van der Waals surface area (Å²) < 4.78 is 47.1. The molecule has 22 nitrogen and oxygen atoms in total. The van der Waals surface area contributed by atoms with Gasteiger partial charge in [-0.1, -0.05) is 13.8 Å². The first-order valence-corrected chi connectivity index (χ1v) is 22.4. The van der Waals surface area contributed by atoms with Crippen molar-refractivity contribution in [2.45, 2.75) is 237 Å². The zero-order chi connectivity index (χ0) is 49.4. The van der Waals surface area contributed by atoms with Crippen LogP contribution < -0.4 is 26.6 Å². The lowest BCUT2D eigenvalue weighted by atomic mass is 9.83. The summed E-state index contributed by atoms with van der Waals surface area (Å²) >= 11 is 0. The van der Waals surface area contributed by atoms with E-state index >= 15 is 0 Å². The van der Waals surface area contributed by atoms with Gasteiger partial charge in [-0.05, 0) is 115 Å². The number of carbonyl (C=O) groups excluding carboxylic acids is 5. The van der Waals surface area contributed by atoms with Gasteiger partial charge in [0.1, 0.15) is 59.0 Å². The molecule has 7 unspecified atom stereocenters. The quantitative estimate of drug-likeness (QED) is 0.120. The lowest BCUT2D eigenvalue weighted by Crippen LogP contribution is -2.70. The third-order valence-corrected chi connectivity index (χ3v) is 10.1. The first kappa shape index (κ1) is 55.6. The van der Waals surface area contributed by atoms with Gasteiger partial charge in [0.2, 0.25) is 5.91 Å². The molecule has 1 aliphatic carbocycles. The first-order chi connectivity index (χ1) is 29.8. The highest BCUT2D eigenvalue weighted by molar-refractivity contribution is 5.80. The zero-order valence-corrected chi connectivity index (χ0v) is 40.4. The number of carbonyl (C=O) groups is 5. The van der Waals surface area contributed by atoms with Gasteiger partial charge in [-0.25, -0.2) is 19.2 Å². The van der Waals surface area contributed by atoms with Gasteiger partial charge < -0.3 is 84.9 Å². The van der Waals surface area contributed by atoms with E-state index in [4.69, 9.17) is 37.9 Å². The lowest BCUT2D eigenvalue weighted by molar-refractivity contribution is -0.314. The summed E-state index contributed by atoms with van der Waals surface area (Å²) in [5, 5.41) is 59.2. The van der Waals surface area contributed by atoms with Crippen molar-refractivity contribution in [3.05, 3.63) is 0 Å². The number of nitrogens with one attached hydrogen (secondary N) is 5. The van der Waals surface area contributed by atoms with Crippen LogP contribution in [0.4, 0.5) is 19.2 Å². The summed E-state index contributed by atoms with van der Waals surface area (Å²) in [7, 11) is 0. The predicted octanol–water partition coefficient (Wildman–Crippen LogP) is 2.34. The molecule has 14 atom stereocenters. The minimum absolute atomic E-state index is 0.0193. The second kappa shape index (κ2) is 22.8. The van der Waals surface area contributed by atoms with Gasteiger partial charge in [0, 0.05) is 6.54 Å². The summed E-state index contributed by atoms with van der Waals surface area (Å²) in [5.41, 5.74) is -3.56. The van der Waals surface area contributed by atoms with Crippen molar-refractivity contribution < 1.29 is 82.3 Å². The Bertz CT molecular complexity index is 1590. The van der Waals surface area contributed by atoms with E-state index < -0.39 is 138 Å². The molecular formula is C43H77N5O17. The van der Waals surface area contributed by atoms with Gasteiger partial charge in [-0.3, -0.25) is 4.79 Å². The minimum atomic E-state index is -1.85. The average molecular weight is 936 g/mol. The van der Waals surface area contributed by atoms with Crippen LogP contribution in [0.3, 0.4) is 0 Å². The first-order valence-electron chi connectivity index (χ1n) is 22.4. The smallest absolute Gasteiger partial charge is 0.408 e. The van der Waals surface area contributed by atoms with E-state index in [9.17, 15) is 44.4 Å². The second-order valence-electron chi connectivity index (χ2n) is 20.7. The Morgan fingerprint density at radius 2 is 1.05 bits per heavy atom. The van der Waals surface area contributed by atoms with Crippen LogP contribution in [-0.2, 0) is 42.7 Å². The summed E-state index contributed by atoms with van der Waals surface area (Å²) in [6, 6.07) is -4.78. The Morgan fingerprint density at radius 1 is 0.585 bits per heavy atom. The fourth-order valence-electron chi connectivity index (χ4n) is 7.31. The number of amides is 5. The molecule has 0 radical (unpaired) electrons. The maximum atomic E-state index is 13.4. The fraction of sp³-hybridized carbons (Fsp3) is 0.884. The van der Waals surface area contributed by atoms with Crippen LogP contribution in [0.15, 0.2) is 0 Å². The number of aliphatic hydroxyl groups is 4. The maximum Gasteiger partial charge on any atom is 0.408 e. The van der Waals surface area contributed by atoms with Crippen LogP contribution in [-0.4, -0.2) is 165 Å². The summed E-state index contributed by atoms with van der Waals surface area (Å²) in [6.07, 6.45) is -17.3. The van der Waals surface area contributed by atoms with E-state index in [1.165, 1.54) is 0 Å². The topological polar surface area (TPSA) is 300 Å². The predicted molar refractivity (Wildman–Crippen MR) is 231 cm³/mol. The molecule has 0 spiro atoms. The molecule has 3 fully saturated rings. The van der Waals surface area contributed by atoms with Crippen molar-refractivity contribution in [2.24, 2.45) is 0 Å². The normalized spacial score (nSPS) is 31.6. The lowest BCUT2D eigenvalue weighted by Gasteiger charge is -2.49. The van der Waals surface area contributed by atoms with Crippen molar-refractivity contribution >= 4 is 30.3 Å². The largest absolute Gasteiger partial charge is 0.444 e. The van der Waals surface area contributed by atoms with Crippen molar-refractivity contribution in [2.75, 3.05) is 6.54 Å². The van der Waals surface area contributed by atoms with Gasteiger partial charge in [-0.15, -0.1) is 0 Å². The van der Waals surface area contributed by atoms with Crippen LogP contribution in [0.1, 0.15) is 129 Å². The molecule has 0 bridgehead atoms. The van der Waals surface area contributed by atoms with Crippen LogP contribution in [0.2, 0.25) is 0 Å².